The van der Waals surface area contributed by atoms with Gasteiger partial charge >= 0.3 is 0 Å². The Balaban J connectivity index is 1.51. The average molecular weight is 372 g/mol. The lowest BCUT2D eigenvalue weighted by Gasteiger charge is -2.25. The summed E-state index contributed by atoms with van der Waals surface area (Å²) in [5, 5.41) is 0. The van der Waals surface area contributed by atoms with E-state index in [2.05, 4.69) is 55.2 Å². The molecule has 1 unspecified atom stereocenters. The normalized spacial score (nSPS) is 15.5. The molecule has 0 bridgehead atoms. The van der Waals surface area contributed by atoms with E-state index >= 15 is 0 Å². The largest absolute Gasteiger partial charge is 0.204 e. The molecule has 3 aromatic carbocycles. The molecular weight excluding hydrogens is 350 g/mol. The van der Waals surface area contributed by atoms with Crippen molar-refractivity contribution in [3.63, 3.8) is 0 Å². The van der Waals surface area contributed by atoms with Gasteiger partial charge < -0.3 is 0 Å². The van der Waals surface area contributed by atoms with E-state index in [4.69, 9.17) is 0 Å². The average Bonchev–Trinajstić information content (AvgIpc) is 2.74. The predicted octanol–water partition coefficient (Wildman–Crippen LogP) is 6.20. The number of halogens is 2. The summed E-state index contributed by atoms with van der Waals surface area (Å²) in [6, 6.07) is 19.1. The number of fused-ring (bicyclic) bond motifs is 1. The molecule has 0 saturated carbocycles. The highest BCUT2D eigenvalue weighted by Crippen LogP contribution is 2.33. The third-order valence-corrected chi connectivity index (χ3v) is 5.56. The maximum atomic E-state index is 13.3. The van der Waals surface area contributed by atoms with Gasteiger partial charge in [-0.1, -0.05) is 49.1 Å². The van der Waals surface area contributed by atoms with E-state index in [1.807, 2.05) is 6.07 Å². The fourth-order valence-corrected chi connectivity index (χ4v) is 3.86. The van der Waals surface area contributed by atoms with E-state index in [0.717, 1.165) is 43.4 Å². The zero-order valence-corrected chi connectivity index (χ0v) is 15.9. The summed E-state index contributed by atoms with van der Waals surface area (Å²) in [5.41, 5.74) is 6.92. The zero-order valence-electron chi connectivity index (χ0n) is 15.9. The first kappa shape index (κ1) is 18.4. The molecule has 0 fully saturated rings. The Hall–Kier alpha value is -2.92. The van der Waals surface area contributed by atoms with Crippen molar-refractivity contribution in [2.24, 2.45) is 0 Å². The van der Waals surface area contributed by atoms with Crippen molar-refractivity contribution >= 4 is 0 Å². The van der Waals surface area contributed by atoms with Gasteiger partial charge in [0, 0.05) is 11.1 Å². The predicted molar refractivity (Wildman–Crippen MR) is 109 cm³/mol. The van der Waals surface area contributed by atoms with Crippen molar-refractivity contribution in [3.05, 3.63) is 106 Å². The standard InChI is InChI=1S/C26H22F2/c1-2-18-5-9-21(10-6-18)23-13-12-22-15-19(7-11-24(22)17-23)3-4-20-8-14-25(27)26(28)16-20/h5-11,14-16,23H,2,12-13,17H2,1H3. The minimum atomic E-state index is -0.866. The quantitative estimate of drug-likeness (QED) is 0.470. The van der Waals surface area contributed by atoms with Crippen LogP contribution in [0.25, 0.3) is 0 Å². The third kappa shape index (κ3) is 3.99. The van der Waals surface area contributed by atoms with Gasteiger partial charge in [0.05, 0.1) is 0 Å². The lowest BCUT2D eigenvalue weighted by atomic mass is 9.79. The smallest absolute Gasteiger partial charge is 0.160 e. The Kier molecular flexibility index (Phi) is 5.26. The van der Waals surface area contributed by atoms with E-state index in [1.165, 1.54) is 28.3 Å². The molecule has 140 valence electrons. The summed E-state index contributed by atoms with van der Waals surface area (Å²) < 4.78 is 26.3. The van der Waals surface area contributed by atoms with Crippen LogP contribution in [0.4, 0.5) is 8.78 Å². The molecule has 1 atom stereocenters. The first-order valence-corrected chi connectivity index (χ1v) is 9.80. The molecule has 0 nitrogen and oxygen atoms in total. The van der Waals surface area contributed by atoms with Crippen LogP contribution in [0, 0.1) is 23.5 Å². The Bertz CT molecular complexity index is 1050. The van der Waals surface area contributed by atoms with Crippen LogP contribution in [-0.4, -0.2) is 0 Å². The molecular formula is C26H22F2. The number of aryl methyl sites for hydroxylation is 2. The molecule has 1 aliphatic carbocycles. The van der Waals surface area contributed by atoms with Crippen LogP contribution in [-0.2, 0) is 19.3 Å². The summed E-state index contributed by atoms with van der Waals surface area (Å²) in [6.07, 6.45) is 4.30. The molecule has 0 amide bonds. The van der Waals surface area contributed by atoms with Gasteiger partial charge in [0.25, 0.3) is 0 Å². The SMILES string of the molecule is CCc1ccc(C2CCc3cc(C#Cc4ccc(F)c(F)c4)ccc3C2)cc1. The van der Waals surface area contributed by atoms with E-state index in [-0.39, 0.29) is 0 Å². The van der Waals surface area contributed by atoms with Crippen LogP contribution < -0.4 is 0 Å². The van der Waals surface area contributed by atoms with Gasteiger partial charge in [-0.05, 0) is 84.2 Å². The van der Waals surface area contributed by atoms with E-state index < -0.39 is 11.6 Å². The van der Waals surface area contributed by atoms with Crippen LogP contribution in [0.15, 0.2) is 60.7 Å². The number of rotatable bonds is 2. The van der Waals surface area contributed by atoms with Crippen molar-refractivity contribution in [3.8, 4) is 11.8 Å². The number of benzene rings is 3. The topological polar surface area (TPSA) is 0 Å². The maximum Gasteiger partial charge on any atom is 0.160 e. The Morgan fingerprint density at radius 2 is 1.54 bits per heavy atom. The molecule has 0 radical (unpaired) electrons. The van der Waals surface area contributed by atoms with Gasteiger partial charge in [-0.2, -0.15) is 0 Å². The van der Waals surface area contributed by atoms with Gasteiger partial charge in [-0.15, -0.1) is 0 Å². The van der Waals surface area contributed by atoms with E-state index in [0.29, 0.717) is 11.5 Å². The maximum absolute atomic E-state index is 13.3. The first-order chi connectivity index (χ1) is 13.6. The zero-order chi connectivity index (χ0) is 19.5. The van der Waals surface area contributed by atoms with Crippen molar-refractivity contribution in [1.29, 1.82) is 0 Å². The van der Waals surface area contributed by atoms with Gasteiger partial charge in [0.2, 0.25) is 0 Å². The van der Waals surface area contributed by atoms with Gasteiger partial charge in [-0.25, -0.2) is 8.78 Å². The second kappa shape index (κ2) is 7.98. The van der Waals surface area contributed by atoms with Crippen LogP contribution >= 0.6 is 0 Å². The van der Waals surface area contributed by atoms with Crippen LogP contribution in [0.2, 0.25) is 0 Å². The molecule has 2 heteroatoms. The van der Waals surface area contributed by atoms with Gasteiger partial charge in [-0.3, -0.25) is 0 Å². The summed E-state index contributed by atoms with van der Waals surface area (Å²) in [4.78, 5) is 0. The summed E-state index contributed by atoms with van der Waals surface area (Å²) in [7, 11) is 0. The number of hydrogen-bond acceptors (Lipinski definition) is 0. The first-order valence-electron chi connectivity index (χ1n) is 9.80. The Morgan fingerprint density at radius 3 is 2.25 bits per heavy atom. The van der Waals surface area contributed by atoms with E-state index in [1.54, 1.807) is 0 Å². The van der Waals surface area contributed by atoms with Crippen molar-refractivity contribution in [2.45, 2.75) is 38.5 Å². The highest BCUT2D eigenvalue weighted by molar-refractivity contribution is 5.47. The molecule has 28 heavy (non-hydrogen) atoms. The molecule has 3 aromatic rings. The summed E-state index contributed by atoms with van der Waals surface area (Å²) in [6.45, 7) is 2.18. The molecule has 0 heterocycles. The fraction of sp³-hybridized carbons (Fsp3) is 0.231. The lowest BCUT2D eigenvalue weighted by molar-refractivity contribution is 0.508. The Morgan fingerprint density at radius 1 is 0.821 bits per heavy atom. The fourth-order valence-electron chi connectivity index (χ4n) is 3.86. The molecule has 0 saturated heterocycles. The molecule has 0 aromatic heterocycles. The minimum absolute atomic E-state index is 0.479. The van der Waals surface area contributed by atoms with Crippen molar-refractivity contribution in [1.82, 2.24) is 0 Å². The molecule has 1 aliphatic rings. The van der Waals surface area contributed by atoms with Gasteiger partial charge in [0.15, 0.2) is 11.6 Å². The second-order valence-electron chi connectivity index (χ2n) is 7.40. The summed E-state index contributed by atoms with van der Waals surface area (Å²) >= 11 is 0. The highest BCUT2D eigenvalue weighted by atomic mass is 19.2. The number of hydrogen-bond donors (Lipinski definition) is 0. The molecule has 0 spiro atoms. The minimum Gasteiger partial charge on any atom is -0.204 e. The molecule has 0 N–H and O–H groups in total. The van der Waals surface area contributed by atoms with Crippen molar-refractivity contribution in [2.75, 3.05) is 0 Å². The van der Waals surface area contributed by atoms with Gasteiger partial charge in [0.1, 0.15) is 0 Å². The van der Waals surface area contributed by atoms with Crippen molar-refractivity contribution < 1.29 is 8.78 Å². The molecule has 0 aliphatic heterocycles. The van der Waals surface area contributed by atoms with E-state index in [9.17, 15) is 8.78 Å². The third-order valence-electron chi connectivity index (χ3n) is 5.56. The van der Waals surface area contributed by atoms with Crippen LogP contribution in [0.3, 0.4) is 0 Å². The monoisotopic (exact) mass is 372 g/mol. The second-order valence-corrected chi connectivity index (χ2v) is 7.40. The highest BCUT2D eigenvalue weighted by Gasteiger charge is 2.20. The molecule has 4 rings (SSSR count). The van der Waals surface area contributed by atoms with Crippen LogP contribution in [0.1, 0.15) is 52.6 Å². The lowest BCUT2D eigenvalue weighted by Crippen LogP contribution is -2.13. The Labute approximate surface area is 165 Å². The van der Waals surface area contributed by atoms with Crippen LogP contribution in [0.5, 0.6) is 0 Å². The summed E-state index contributed by atoms with van der Waals surface area (Å²) in [5.74, 6) is 4.85.